The van der Waals surface area contributed by atoms with Gasteiger partial charge in [0.25, 0.3) is 11.8 Å². The van der Waals surface area contributed by atoms with Crippen LogP contribution in [0, 0.1) is 0 Å². The number of benzene rings is 1. The molecule has 1 aliphatic heterocycles. The van der Waals surface area contributed by atoms with E-state index in [0.29, 0.717) is 24.1 Å². The van der Waals surface area contributed by atoms with E-state index < -0.39 is 11.8 Å². The number of nitrogens with two attached hydrogens (primary N) is 1. The van der Waals surface area contributed by atoms with Gasteiger partial charge in [0.05, 0.1) is 11.1 Å². The Labute approximate surface area is 116 Å². The lowest BCUT2D eigenvalue weighted by atomic mass is 10.1. The molecule has 1 atom stereocenters. The summed E-state index contributed by atoms with van der Waals surface area (Å²) in [6.07, 6.45) is 0.647. The monoisotopic (exact) mass is 275 g/mol. The van der Waals surface area contributed by atoms with Crippen molar-refractivity contribution >= 4 is 17.7 Å². The van der Waals surface area contributed by atoms with Gasteiger partial charge in [-0.2, -0.15) is 0 Å². The summed E-state index contributed by atoms with van der Waals surface area (Å²) in [4.78, 5) is 36.7. The van der Waals surface area contributed by atoms with E-state index >= 15 is 0 Å². The number of carbonyl (C=O) groups is 3. The summed E-state index contributed by atoms with van der Waals surface area (Å²) in [6, 6.07) is 6.55. The van der Waals surface area contributed by atoms with Crippen molar-refractivity contribution in [2.45, 2.75) is 19.4 Å². The maximum Gasteiger partial charge on any atom is 0.262 e. The van der Waals surface area contributed by atoms with Crippen molar-refractivity contribution in [3.05, 3.63) is 35.4 Å². The highest BCUT2D eigenvalue weighted by atomic mass is 16.2. The van der Waals surface area contributed by atoms with Gasteiger partial charge in [-0.3, -0.25) is 19.3 Å². The van der Waals surface area contributed by atoms with Crippen molar-refractivity contribution in [2.75, 3.05) is 13.1 Å². The molecule has 0 saturated carbocycles. The lowest BCUT2D eigenvalue weighted by Gasteiger charge is -2.14. The van der Waals surface area contributed by atoms with Gasteiger partial charge in [-0.1, -0.05) is 12.1 Å². The number of fused-ring (bicyclic) bond motifs is 1. The molecule has 1 aromatic carbocycles. The Hall–Kier alpha value is -2.21. The Bertz CT molecular complexity index is 519. The third kappa shape index (κ3) is 2.85. The van der Waals surface area contributed by atoms with Crippen molar-refractivity contribution in [1.82, 2.24) is 10.2 Å². The molecule has 0 bridgehead atoms. The minimum absolute atomic E-state index is 0.00500. The number of hydrogen-bond acceptors (Lipinski definition) is 4. The second-order valence-corrected chi connectivity index (χ2v) is 4.86. The quantitative estimate of drug-likeness (QED) is 0.747. The van der Waals surface area contributed by atoms with Crippen LogP contribution in [0.15, 0.2) is 24.3 Å². The molecule has 0 saturated heterocycles. The van der Waals surface area contributed by atoms with Gasteiger partial charge < -0.3 is 11.1 Å². The summed E-state index contributed by atoms with van der Waals surface area (Å²) in [5, 5.41) is 2.64. The summed E-state index contributed by atoms with van der Waals surface area (Å²) in [5.74, 6) is -1.21. The number of hydrogen-bond donors (Lipinski definition) is 2. The van der Waals surface area contributed by atoms with Crippen LogP contribution >= 0.6 is 0 Å². The van der Waals surface area contributed by atoms with Crippen LogP contribution in [0.25, 0.3) is 0 Å². The molecule has 1 aromatic rings. The Kier molecular flexibility index (Phi) is 4.14. The molecule has 1 unspecified atom stereocenters. The van der Waals surface area contributed by atoms with E-state index in [2.05, 4.69) is 5.32 Å². The molecule has 1 aliphatic rings. The van der Waals surface area contributed by atoms with Crippen LogP contribution in [0.5, 0.6) is 0 Å². The zero-order valence-corrected chi connectivity index (χ0v) is 11.3. The van der Waals surface area contributed by atoms with Gasteiger partial charge in [-0.25, -0.2) is 0 Å². The second-order valence-electron chi connectivity index (χ2n) is 4.86. The molecule has 1 heterocycles. The van der Waals surface area contributed by atoms with Crippen LogP contribution < -0.4 is 11.1 Å². The van der Waals surface area contributed by atoms with Crippen LogP contribution in [0.3, 0.4) is 0 Å². The van der Waals surface area contributed by atoms with Crippen molar-refractivity contribution in [3.8, 4) is 0 Å². The van der Waals surface area contributed by atoms with E-state index in [1.165, 1.54) is 0 Å². The highest BCUT2D eigenvalue weighted by Crippen LogP contribution is 2.21. The standard InChI is InChI=1S/C14H17N3O3/c1-9(15)6-7-16-12(18)8-17-13(19)10-4-2-3-5-11(10)14(17)20/h2-5,9H,6-8,15H2,1H3,(H,16,18). The molecule has 3 amide bonds. The van der Waals surface area contributed by atoms with E-state index in [1.54, 1.807) is 24.3 Å². The summed E-state index contributed by atoms with van der Waals surface area (Å²) in [6.45, 7) is 2.02. The van der Waals surface area contributed by atoms with Crippen LogP contribution in [0.2, 0.25) is 0 Å². The summed E-state index contributed by atoms with van der Waals surface area (Å²) < 4.78 is 0. The fraction of sp³-hybridized carbons (Fsp3) is 0.357. The van der Waals surface area contributed by atoms with Gasteiger partial charge in [-0.05, 0) is 25.5 Å². The highest BCUT2D eigenvalue weighted by Gasteiger charge is 2.36. The van der Waals surface area contributed by atoms with Crippen molar-refractivity contribution in [1.29, 1.82) is 0 Å². The maximum absolute atomic E-state index is 12.0. The van der Waals surface area contributed by atoms with E-state index in [-0.39, 0.29) is 18.5 Å². The lowest BCUT2D eigenvalue weighted by molar-refractivity contribution is -0.121. The average Bonchev–Trinajstić information content (AvgIpc) is 2.64. The molecule has 0 aliphatic carbocycles. The predicted octanol–water partition coefficient (Wildman–Crippen LogP) is 0.136. The Morgan fingerprint density at radius 3 is 2.30 bits per heavy atom. The largest absolute Gasteiger partial charge is 0.354 e. The van der Waals surface area contributed by atoms with Gasteiger partial charge in [0.2, 0.25) is 5.91 Å². The molecule has 6 heteroatoms. The van der Waals surface area contributed by atoms with Gasteiger partial charge in [-0.15, -0.1) is 0 Å². The maximum atomic E-state index is 12.0. The average molecular weight is 275 g/mol. The summed E-state index contributed by atoms with van der Waals surface area (Å²) >= 11 is 0. The first-order valence-electron chi connectivity index (χ1n) is 6.48. The minimum atomic E-state index is -0.423. The first-order chi connectivity index (χ1) is 9.50. The van der Waals surface area contributed by atoms with Crippen molar-refractivity contribution < 1.29 is 14.4 Å². The number of nitrogens with zero attached hydrogens (tertiary/aromatic N) is 1. The molecule has 2 rings (SSSR count). The molecule has 106 valence electrons. The highest BCUT2D eigenvalue weighted by molar-refractivity contribution is 6.22. The van der Waals surface area contributed by atoms with Gasteiger partial charge in [0.1, 0.15) is 6.54 Å². The number of rotatable bonds is 5. The number of imide groups is 1. The summed E-state index contributed by atoms with van der Waals surface area (Å²) in [7, 11) is 0. The summed E-state index contributed by atoms with van der Waals surface area (Å²) in [5.41, 5.74) is 6.27. The normalized spacial score (nSPS) is 15.2. The Morgan fingerprint density at radius 1 is 1.25 bits per heavy atom. The smallest absolute Gasteiger partial charge is 0.262 e. The molecule has 6 nitrogen and oxygen atoms in total. The second kappa shape index (κ2) is 5.83. The van der Waals surface area contributed by atoms with Crippen molar-refractivity contribution in [3.63, 3.8) is 0 Å². The third-order valence-corrected chi connectivity index (χ3v) is 3.10. The van der Waals surface area contributed by atoms with Crippen LogP contribution in [0.1, 0.15) is 34.1 Å². The molecule has 0 fully saturated rings. The topological polar surface area (TPSA) is 92.5 Å². The molecular weight excluding hydrogens is 258 g/mol. The van der Waals surface area contributed by atoms with Gasteiger partial charge >= 0.3 is 0 Å². The van der Waals surface area contributed by atoms with E-state index in [9.17, 15) is 14.4 Å². The van der Waals surface area contributed by atoms with E-state index in [0.717, 1.165) is 4.90 Å². The fourth-order valence-electron chi connectivity index (χ4n) is 2.02. The molecular formula is C14H17N3O3. The number of amides is 3. The predicted molar refractivity (Wildman–Crippen MR) is 73.1 cm³/mol. The zero-order valence-electron chi connectivity index (χ0n) is 11.3. The molecule has 20 heavy (non-hydrogen) atoms. The minimum Gasteiger partial charge on any atom is -0.354 e. The van der Waals surface area contributed by atoms with E-state index in [4.69, 9.17) is 5.73 Å². The van der Waals surface area contributed by atoms with Gasteiger partial charge in [0.15, 0.2) is 0 Å². The molecule has 0 spiro atoms. The Morgan fingerprint density at radius 2 is 1.80 bits per heavy atom. The molecule has 0 aromatic heterocycles. The third-order valence-electron chi connectivity index (χ3n) is 3.10. The first kappa shape index (κ1) is 14.2. The first-order valence-corrected chi connectivity index (χ1v) is 6.48. The van der Waals surface area contributed by atoms with Crippen molar-refractivity contribution in [2.24, 2.45) is 5.73 Å². The number of nitrogens with one attached hydrogen (secondary N) is 1. The van der Waals surface area contributed by atoms with Crippen LogP contribution in [-0.4, -0.2) is 41.8 Å². The molecule has 0 radical (unpaired) electrons. The lowest BCUT2D eigenvalue weighted by Crippen LogP contribution is -2.41. The molecule has 3 N–H and O–H groups in total. The van der Waals surface area contributed by atoms with Crippen LogP contribution in [0.4, 0.5) is 0 Å². The van der Waals surface area contributed by atoms with E-state index in [1.807, 2.05) is 6.92 Å². The van der Waals surface area contributed by atoms with Crippen LogP contribution in [-0.2, 0) is 4.79 Å². The Balaban J connectivity index is 1.97. The van der Waals surface area contributed by atoms with Gasteiger partial charge in [0, 0.05) is 12.6 Å². The SMILES string of the molecule is CC(N)CCNC(=O)CN1C(=O)c2ccccc2C1=O. The number of carbonyl (C=O) groups excluding carboxylic acids is 3. The zero-order chi connectivity index (χ0) is 14.7. The fourth-order valence-corrected chi connectivity index (χ4v) is 2.02.